The Morgan fingerprint density at radius 1 is 1.43 bits per heavy atom. The van der Waals surface area contributed by atoms with Gasteiger partial charge in [0.1, 0.15) is 0 Å². The predicted octanol–water partition coefficient (Wildman–Crippen LogP) is 0.898. The molecule has 2 aliphatic rings. The second-order valence-electron chi connectivity index (χ2n) is 6.51. The maximum absolute atomic E-state index is 12.6. The van der Waals surface area contributed by atoms with E-state index in [1.807, 2.05) is 24.8 Å². The third-order valence-corrected chi connectivity index (χ3v) is 4.77. The first-order valence-corrected chi connectivity index (χ1v) is 8.35. The highest BCUT2D eigenvalue weighted by atomic mass is 16.5. The number of hydrogen-bond donors (Lipinski definition) is 1. The van der Waals surface area contributed by atoms with Gasteiger partial charge in [0, 0.05) is 43.2 Å². The van der Waals surface area contributed by atoms with Crippen molar-refractivity contribution >= 4 is 11.7 Å². The normalized spacial score (nSPS) is 22.3. The lowest BCUT2D eigenvalue weighted by atomic mass is 10.1. The van der Waals surface area contributed by atoms with Gasteiger partial charge in [0.15, 0.2) is 5.78 Å². The van der Waals surface area contributed by atoms with Gasteiger partial charge in [-0.3, -0.25) is 14.5 Å². The summed E-state index contributed by atoms with van der Waals surface area (Å²) in [4.78, 5) is 26.0. The van der Waals surface area contributed by atoms with Gasteiger partial charge in [-0.25, -0.2) is 0 Å². The third-order valence-electron chi connectivity index (χ3n) is 4.77. The number of rotatable bonds is 5. The Balaban J connectivity index is 1.69. The molecule has 0 aromatic carbocycles. The fraction of sp³-hybridized carbons (Fsp3) is 0.647. The van der Waals surface area contributed by atoms with E-state index in [1.54, 1.807) is 0 Å². The van der Waals surface area contributed by atoms with Crippen molar-refractivity contribution in [2.45, 2.75) is 39.3 Å². The number of ketones is 1. The average Bonchev–Trinajstić information content (AvgIpc) is 3.11. The largest absolute Gasteiger partial charge is 0.376 e. The van der Waals surface area contributed by atoms with Crippen LogP contribution in [0.5, 0.6) is 0 Å². The molecule has 6 nitrogen and oxygen atoms in total. The Kier molecular flexibility index (Phi) is 4.82. The van der Waals surface area contributed by atoms with Crippen LogP contribution in [0.2, 0.25) is 0 Å². The fourth-order valence-electron chi connectivity index (χ4n) is 3.47. The number of amides is 1. The van der Waals surface area contributed by atoms with Crippen LogP contribution in [0.25, 0.3) is 0 Å². The zero-order chi connectivity index (χ0) is 16.4. The Morgan fingerprint density at radius 2 is 2.26 bits per heavy atom. The minimum absolute atomic E-state index is 0.00657. The number of hydrogen-bond acceptors (Lipinski definition) is 4. The van der Waals surface area contributed by atoms with E-state index >= 15 is 0 Å². The van der Waals surface area contributed by atoms with Crippen LogP contribution in [-0.4, -0.2) is 60.0 Å². The maximum atomic E-state index is 12.6. The van der Waals surface area contributed by atoms with Crippen LogP contribution in [-0.2, 0) is 16.1 Å². The van der Waals surface area contributed by atoms with Gasteiger partial charge in [0.2, 0.25) is 5.91 Å². The Labute approximate surface area is 136 Å². The summed E-state index contributed by atoms with van der Waals surface area (Å²) in [6.07, 6.45) is 2.46. The van der Waals surface area contributed by atoms with E-state index in [2.05, 4.69) is 9.88 Å². The molecule has 0 saturated carbocycles. The lowest BCUT2D eigenvalue weighted by Gasteiger charge is -2.25. The maximum Gasteiger partial charge on any atom is 0.234 e. The van der Waals surface area contributed by atoms with Gasteiger partial charge in [0.25, 0.3) is 0 Å². The smallest absolute Gasteiger partial charge is 0.234 e. The van der Waals surface area contributed by atoms with E-state index < -0.39 is 0 Å². The summed E-state index contributed by atoms with van der Waals surface area (Å²) in [5.41, 5.74) is 2.87. The van der Waals surface area contributed by atoms with Crippen molar-refractivity contribution in [1.82, 2.24) is 14.8 Å². The molecule has 2 saturated heterocycles. The molecule has 0 bridgehead atoms. The van der Waals surface area contributed by atoms with Crippen molar-refractivity contribution in [3.8, 4) is 0 Å². The van der Waals surface area contributed by atoms with Crippen molar-refractivity contribution in [2.24, 2.45) is 0 Å². The third kappa shape index (κ3) is 3.64. The summed E-state index contributed by atoms with van der Waals surface area (Å²) in [7, 11) is 0. The van der Waals surface area contributed by atoms with Crippen LogP contribution in [0.4, 0.5) is 0 Å². The van der Waals surface area contributed by atoms with Crippen molar-refractivity contribution in [1.29, 1.82) is 0 Å². The number of carbonyl (C=O) groups excluding carboxylic acids is 2. The van der Waals surface area contributed by atoms with Crippen molar-refractivity contribution < 1.29 is 14.3 Å². The van der Waals surface area contributed by atoms with Gasteiger partial charge in [-0.1, -0.05) is 0 Å². The Morgan fingerprint density at radius 3 is 2.96 bits per heavy atom. The van der Waals surface area contributed by atoms with E-state index in [0.717, 1.165) is 49.5 Å². The number of nitrogens with one attached hydrogen (secondary N) is 1. The van der Waals surface area contributed by atoms with Gasteiger partial charge >= 0.3 is 0 Å². The zero-order valence-electron chi connectivity index (χ0n) is 13.9. The minimum atomic E-state index is -0.00657. The van der Waals surface area contributed by atoms with Crippen LogP contribution in [0.3, 0.4) is 0 Å². The molecule has 1 N–H and O–H groups in total. The molecule has 1 atom stereocenters. The van der Waals surface area contributed by atoms with E-state index in [0.29, 0.717) is 19.6 Å². The summed E-state index contributed by atoms with van der Waals surface area (Å²) in [6.45, 7) is 7.64. The summed E-state index contributed by atoms with van der Waals surface area (Å²) < 4.78 is 7.90. The lowest BCUT2D eigenvalue weighted by Crippen LogP contribution is -2.49. The Bertz CT molecular complexity index is 602. The standard InChI is InChI=1S/C17H25N3O3/c1-12-8-15(13(2)20(12)9-14-4-3-7-23-14)16(21)10-19-6-5-18-17(22)11-19/h8,14H,3-7,9-11H2,1-2H3,(H,18,22)/t14-/m1/s1. The number of piperazine rings is 1. The van der Waals surface area contributed by atoms with Crippen molar-refractivity contribution in [2.75, 3.05) is 32.8 Å². The van der Waals surface area contributed by atoms with Crippen molar-refractivity contribution in [3.63, 3.8) is 0 Å². The Hall–Kier alpha value is -1.66. The molecule has 0 aliphatic carbocycles. The summed E-state index contributed by atoms with van der Waals surface area (Å²) in [6, 6.07) is 1.97. The van der Waals surface area contributed by atoms with E-state index in [-0.39, 0.29) is 17.8 Å². The first-order valence-electron chi connectivity index (χ1n) is 8.35. The van der Waals surface area contributed by atoms with Crippen LogP contribution in [0, 0.1) is 13.8 Å². The van der Waals surface area contributed by atoms with Gasteiger partial charge in [-0.05, 0) is 32.8 Å². The molecule has 2 aliphatic heterocycles. The van der Waals surface area contributed by atoms with E-state index in [9.17, 15) is 9.59 Å². The lowest BCUT2D eigenvalue weighted by molar-refractivity contribution is -0.123. The second kappa shape index (κ2) is 6.84. The topological polar surface area (TPSA) is 63.6 Å². The molecule has 0 unspecified atom stereocenters. The van der Waals surface area contributed by atoms with Crippen LogP contribution < -0.4 is 5.32 Å². The van der Waals surface area contributed by atoms with Crippen LogP contribution in [0.1, 0.15) is 34.6 Å². The number of ether oxygens (including phenoxy) is 1. The average molecular weight is 319 g/mol. The van der Waals surface area contributed by atoms with Gasteiger partial charge in [-0.2, -0.15) is 0 Å². The van der Waals surface area contributed by atoms with Gasteiger partial charge in [-0.15, -0.1) is 0 Å². The number of aryl methyl sites for hydroxylation is 1. The van der Waals surface area contributed by atoms with E-state index in [1.165, 1.54) is 0 Å². The predicted molar refractivity (Wildman–Crippen MR) is 86.7 cm³/mol. The molecule has 0 radical (unpaired) electrons. The molecule has 1 aromatic heterocycles. The number of Topliss-reactive ketones (excluding diaryl/α,β-unsaturated/α-hetero) is 1. The molecule has 0 spiro atoms. The first kappa shape index (κ1) is 16.2. The molecule has 23 heavy (non-hydrogen) atoms. The highest BCUT2D eigenvalue weighted by Gasteiger charge is 2.23. The molecule has 1 amide bonds. The molecule has 6 heteroatoms. The van der Waals surface area contributed by atoms with Crippen LogP contribution >= 0.6 is 0 Å². The van der Waals surface area contributed by atoms with Gasteiger partial charge < -0.3 is 14.6 Å². The molecular weight excluding hydrogens is 294 g/mol. The second-order valence-corrected chi connectivity index (χ2v) is 6.51. The number of aromatic nitrogens is 1. The molecule has 1 aromatic rings. The first-order chi connectivity index (χ1) is 11.0. The molecule has 2 fully saturated rings. The molecule has 3 heterocycles. The van der Waals surface area contributed by atoms with Crippen molar-refractivity contribution in [3.05, 3.63) is 23.0 Å². The van der Waals surface area contributed by atoms with Crippen LogP contribution in [0.15, 0.2) is 6.07 Å². The number of nitrogens with zero attached hydrogens (tertiary/aromatic N) is 2. The van der Waals surface area contributed by atoms with Gasteiger partial charge in [0.05, 0.1) is 19.2 Å². The minimum Gasteiger partial charge on any atom is -0.376 e. The number of carbonyl (C=O) groups is 2. The van der Waals surface area contributed by atoms with E-state index in [4.69, 9.17) is 4.74 Å². The fourth-order valence-corrected chi connectivity index (χ4v) is 3.47. The zero-order valence-corrected chi connectivity index (χ0v) is 13.9. The molecule has 126 valence electrons. The highest BCUT2D eigenvalue weighted by Crippen LogP contribution is 2.21. The molecular formula is C17H25N3O3. The summed E-state index contributed by atoms with van der Waals surface area (Å²) >= 11 is 0. The quantitative estimate of drug-likeness (QED) is 0.819. The summed E-state index contributed by atoms with van der Waals surface area (Å²) in [5.74, 6) is 0.0827. The monoisotopic (exact) mass is 319 g/mol. The SMILES string of the molecule is Cc1cc(C(=O)CN2CCNC(=O)C2)c(C)n1C[C@H]1CCCO1. The molecule has 3 rings (SSSR count). The summed E-state index contributed by atoms with van der Waals surface area (Å²) in [5, 5.41) is 2.78. The highest BCUT2D eigenvalue weighted by molar-refractivity contribution is 5.99.